The molecule has 0 aliphatic carbocycles. The molecule has 2 aromatic carbocycles. The molecule has 4 nitrogen and oxygen atoms in total. The van der Waals surface area contributed by atoms with E-state index in [0.717, 1.165) is 48.0 Å². The van der Waals surface area contributed by atoms with Crippen LogP contribution in [0.4, 0.5) is 5.69 Å². The van der Waals surface area contributed by atoms with Crippen molar-refractivity contribution in [1.82, 2.24) is 5.32 Å². The molecular weight excluding hydrogens is 252 g/mol. The molecule has 104 valence electrons. The number of carbonyl (C=O) groups is 1. The van der Waals surface area contributed by atoms with Crippen LogP contribution in [0.15, 0.2) is 36.4 Å². The summed E-state index contributed by atoms with van der Waals surface area (Å²) in [6.45, 7) is 0.737. The van der Waals surface area contributed by atoms with Crippen LogP contribution in [-0.4, -0.2) is 18.6 Å². The van der Waals surface area contributed by atoms with Crippen LogP contribution in [0, 0.1) is 0 Å². The lowest BCUT2D eigenvalue weighted by Gasteiger charge is -2.17. The Morgan fingerprint density at radius 3 is 2.75 bits per heavy atom. The number of rotatable bonds is 2. The molecule has 1 saturated heterocycles. The topological polar surface area (TPSA) is 64.3 Å². The lowest BCUT2D eigenvalue weighted by molar-refractivity contribution is -0.127. The van der Waals surface area contributed by atoms with Gasteiger partial charge in [-0.25, -0.2) is 0 Å². The largest absolute Gasteiger partial charge is 0.480 e. The summed E-state index contributed by atoms with van der Waals surface area (Å²) in [4.78, 5) is 12.0. The van der Waals surface area contributed by atoms with Crippen molar-refractivity contribution in [2.45, 2.75) is 25.4 Å². The Hall–Kier alpha value is -2.23. The highest BCUT2D eigenvalue weighted by Gasteiger charge is 2.23. The summed E-state index contributed by atoms with van der Waals surface area (Å²) in [5, 5.41) is 4.79. The van der Waals surface area contributed by atoms with Gasteiger partial charge in [0.1, 0.15) is 5.75 Å². The zero-order valence-corrected chi connectivity index (χ0v) is 11.3. The lowest BCUT2D eigenvalue weighted by atomic mass is 10.1. The molecule has 0 aromatic heterocycles. The van der Waals surface area contributed by atoms with E-state index in [-0.39, 0.29) is 5.91 Å². The van der Waals surface area contributed by atoms with Gasteiger partial charge in [-0.3, -0.25) is 4.79 Å². The molecule has 1 atom stereocenters. The molecule has 1 amide bonds. The molecule has 2 aromatic rings. The standard InChI is InChI=1S/C16H18N2O2/c17-13-8-9-14(12-6-2-1-5-11(12)13)20-15-7-3-4-10-18-16(15)19/h1-2,5-6,8-9,15H,3-4,7,10,17H2,(H,18,19). The Bertz CT molecular complexity index is 639. The molecule has 1 aliphatic heterocycles. The maximum absolute atomic E-state index is 12.0. The SMILES string of the molecule is Nc1ccc(OC2CCCCNC2=O)c2ccccc12. The van der Waals surface area contributed by atoms with Gasteiger partial charge in [0.25, 0.3) is 5.91 Å². The fourth-order valence-electron chi connectivity index (χ4n) is 2.57. The van der Waals surface area contributed by atoms with Gasteiger partial charge in [0, 0.05) is 23.0 Å². The first-order valence-corrected chi connectivity index (χ1v) is 6.97. The minimum atomic E-state index is -0.412. The minimum Gasteiger partial charge on any atom is -0.480 e. The first-order valence-electron chi connectivity index (χ1n) is 6.97. The Balaban J connectivity index is 1.94. The average molecular weight is 270 g/mol. The smallest absolute Gasteiger partial charge is 0.261 e. The number of amides is 1. The summed E-state index contributed by atoms with van der Waals surface area (Å²) >= 11 is 0. The minimum absolute atomic E-state index is 0.0246. The quantitative estimate of drug-likeness (QED) is 0.824. The van der Waals surface area contributed by atoms with Crippen LogP contribution < -0.4 is 15.8 Å². The summed E-state index contributed by atoms with van der Waals surface area (Å²) in [5.74, 6) is 0.695. The highest BCUT2D eigenvalue weighted by Crippen LogP contribution is 2.31. The summed E-state index contributed by atoms with van der Waals surface area (Å²) in [5.41, 5.74) is 6.70. The zero-order chi connectivity index (χ0) is 13.9. The molecule has 1 heterocycles. The predicted molar refractivity (Wildman–Crippen MR) is 79.6 cm³/mol. The number of nitrogens with one attached hydrogen (secondary N) is 1. The normalized spacial score (nSPS) is 19.4. The molecule has 20 heavy (non-hydrogen) atoms. The van der Waals surface area contributed by atoms with E-state index >= 15 is 0 Å². The highest BCUT2D eigenvalue weighted by molar-refractivity contribution is 5.97. The summed E-state index contributed by atoms with van der Waals surface area (Å²) < 4.78 is 5.95. The molecule has 0 saturated carbocycles. The number of hydrogen-bond acceptors (Lipinski definition) is 3. The number of nitrogen functional groups attached to an aromatic ring is 1. The van der Waals surface area contributed by atoms with Gasteiger partial charge in [0.2, 0.25) is 0 Å². The molecule has 1 unspecified atom stereocenters. The van der Waals surface area contributed by atoms with E-state index in [9.17, 15) is 4.79 Å². The Kier molecular flexibility index (Phi) is 3.46. The van der Waals surface area contributed by atoms with Crippen LogP contribution in [-0.2, 0) is 4.79 Å². The van der Waals surface area contributed by atoms with E-state index < -0.39 is 6.10 Å². The molecule has 3 N–H and O–H groups in total. The number of anilines is 1. The van der Waals surface area contributed by atoms with Gasteiger partial charge in [0.15, 0.2) is 6.10 Å². The van der Waals surface area contributed by atoms with Gasteiger partial charge in [-0.2, -0.15) is 0 Å². The predicted octanol–water partition coefficient (Wildman–Crippen LogP) is 2.47. The van der Waals surface area contributed by atoms with E-state index in [1.54, 1.807) is 0 Å². The fourth-order valence-corrected chi connectivity index (χ4v) is 2.57. The van der Waals surface area contributed by atoms with Gasteiger partial charge >= 0.3 is 0 Å². The number of benzene rings is 2. The lowest BCUT2D eigenvalue weighted by Crippen LogP contribution is -2.36. The van der Waals surface area contributed by atoms with E-state index in [4.69, 9.17) is 10.5 Å². The van der Waals surface area contributed by atoms with E-state index in [1.807, 2.05) is 36.4 Å². The van der Waals surface area contributed by atoms with Gasteiger partial charge in [-0.05, 0) is 31.4 Å². The van der Waals surface area contributed by atoms with Gasteiger partial charge in [-0.15, -0.1) is 0 Å². The molecule has 3 rings (SSSR count). The molecule has 1 fully saturated rings. The highest BCUT2D eigenvalue weighted by atomic mass is 16.5. The molecule has 4 heteroatoms. The van der Waals surface area contributed by atoms with Crippen LogP contribution in [0.25, 0.3) is 10.8 Å². The third kappa shape index (κ3) is 2.41. The van der Waals surface area contributed by atoms with Crippen molar-refractivity contribution >= 4 is 22.4 Å². The first kappa shape index (κ1) is 12.8. The third-order valence-electron chi connectivity index (χ3n) is 3.67. The second-order valence-corrected chi connectivity index (χ2v) is 5.09. The van der Waals surface area contributed by atoms with Gasteiger partial charge < -0.3 is 15.8 Å². The van der Waals surface area contributed by atoms with Crippen LogP contribution >= 0.6 is 0 Å². The van der Waals surface area contributed by atoms with Crippen molar-refractivity contribution in [3.8, 4) is 5.75 Å². The molecule has 1 aliphatic rings. The average Bonchev–Trinajstić information content (AvgIpc) is 2.67. The number of nitrogens with two attached hydrogens (primary N) is 1. The Morgan fingerprint density at radius 1 is 1.10 bits per heavy atom. The van der Waals surface area contributed by atoms with Crippen LogP contribution in [0.5, 0.6) is 5.75 Å². The number of ether oxygens (including phenoxy) is 1. The summed E-state index contributed by atoms with van der Waals surface area (Å²) in [7, 11) is 0. The van der Waals surface area contributed by atoms with Crippen LogP contribution in [0.3, 0.4) is 0 Å². The molecular formula is C16H18N2O2. The molecule has 0 radical (unpaired) electrons. The maximum atomic E-state index is 12.0. The molecule has 0 spiro atoms. The zero-order valence-electron chi connectivity index (χ0n) is 11.3. The van der Waals surface area contributed by atoms with Crippen molar-refractivity contribution in [3.63, 3.8) is 0 Å². The number of hydrogen-bond donors (Lipinski definition) is 2. The summed E-state index contributed by atoms with van der Waals surface area (Å²) in [6.07, 6.45) is 2.35. The Labute approximate surface area is 117 Å². The van der Waals surface area contributed by atoms with Crippen molar-refractivity contribution in [1.29, 1.82) is 0 Å². The van der Waals surface area contributed by atoms with Crippen molar-refractivity contribution in [3.05, 3.63) is 36.4 Å². The van der Waals surface area contributed by atoms with Crippen molar-refractivity contribution < 1.29 is 9.53 Å². The second-order valence-electron chi connectivity index (χ2n) is 5.09. The van der Waals surface area contributed by atoms with E-state index in [1.165, 1.54) is 0 Å². The van der Waals surface area contributed by atoms with Crippen LogP contribution in [0.2, 0.25) is 0 Å². The maximum Gasteiger partial charge on any atom is 0.261 e. The van der Waals surface area contributed by atoms with Crippen molar-refractivity contribution in [2.75, 3.05) is 12.3 Å². The van der Waals surface area contributed by atoms with E-state index in [0.29, 0.717) is 0 Å². The van der Waals surface area contributed by atoms with Crippen LogP contribution in [0.1, 0.15) is 19.3 Å². The third-order valence-corrected chi connectivity index (χ3v) is 3.67. The van der Waals surface area contributed by atoms with E-state index in [2.05, 4.69) is 5.32 Å². The number of fused-ring (bicyclic) bond motifs is 1. The van der Waals surface area contributed by atoms with Gasteiger partial charge in [-0.1, -0.05) is 24.3 Å². The first-order chi connectivity index (χ1) is 9.75. The number of carbonyl (C=O) groups excluding carboxylic acids is 1. The molecule has 0 bridgehead atoms. The summed E-state index contributed by atoms with van der Waals surface area (Å²) in [6, 6.07) is 11.5. The van der Waals surface area contributed by atoms with Crippen molar-refractivity contribution in [2.24, 2.45) is 0 Å². The fraction of sp³-hybridized carbons (Fsp3) is 0.312. The monoisotopic (exact) mass is 270 g/mol. The second kappa shape index (κ2) is 5.41. The Morgan fingerprint density at radius 2 is 1.90 bits per heavy atom. The van der Waals surface area contributed by atoms with Gasteiger partial charge in [0.05, 0.1) is 0 Å².